The van der Waals surface area contributed by atoms with Gasteiger partial charge in [0.1, 0.15) is 5.75 Å². The largest absolute Gasteiger partial charge is 0.497 e. The summed E-state index contributed by atoms with van der Waals surface area (Å²) in [7, 11) is 1.70. The van der Waals surface area contributed by atoms with Crippen LogP contribution in [0.2, 0.25) is 0 Å². The first-order valence-corrected chi connectivity index (χ1v) is 8.37. The van der Waals surface area contributed by atoms with Crippen LogP contribution >= 0.6 is 0 Å². The maximum absolute atomic E-state index is 5.38. The van der Waals surface area contributed by atoms with E-state index in [0.29, 0.717) is 6.04 Å². The quantitative estimate of drug-likeness (QED) is 0.823. The van der Waals surface area contributed by atoms with Gasteiger partial charge >= 0.3 is 0 Å². The highest BCUT2D eigenvalue weighted by atomic mass is 16.5. The van der Waals surface area contributed by atoms with E-state index in [0.717, 1.165) is 18.0 Å². The Labute approximate surface area is 138 Å². The first-order chi connectivity index (χ1) is 11.3. The van der Waals surface area contributed by atoms with Crippen LogP contribution in [0.4, 0.5) is 0 Å². The third-order valence-electron chi connectivity index (χ3n) is 4.52. The van der Waals surface area contributed by atoms with Crippen LogP contribution in [0.1, 0.15) is 38.2 Å². The Hall–Kier alpha value is -2.07. The van der Waals surface area contributed by atoms with Crippen molar-refractivity contribution in [2.24, 2.45) is 0 Å². The lowest BCUT2D eigenvalue weighted by Crippen LogP contribution is -2.28. The zero-order valence-corrected chi connectivity index (χ0v) is 14.0. The molecule has 0 aliphatic heterocycles. The fraction of sp³-hybridized carbons (Fsp3) is 0.421. The summed E-state index contributed by atoms with van der Waals surface area (Å²) in [5.41, 5.74) is 3.82. The number of nitrogens with one attached hydrogen (secondary N) is 1. The van der Waals surface area contributed by atoms with Crippen LogP contribution in [0, 0.1) is 0 Å². The van der Waals surface area contributed by atoms with E-state index in [1.165, 1.54) is 31.2 Å². The number of hydrogen-bond acceptors (Lipinski definition) is 3. The van der Waals surface area contributed by atoms with Gasteiger partial charge in [0.05, 0.1) is 12.8 Å². The number of hydrogen-bond donors (Lipinski definition) is 1. The molecule has 4 nitrogen and oxygen atoms in total. The van der Waals surface area contributed by atoms with E-state index in [2.05, 4.69) is 35.5 Å². The summed E-state index contributed by atoms with van der Waals surface area (Å²) in [4.78, 5) is 0. The monoisotopic (exact) mass is 311 g/mol. The van der Waals surface area contributed by atoms with Crippen molar-refractivity contribution in [3.63, 3.8) is 0 Å². The minimum atomic E-state index is 0.409. The normalized spacial score (nSPS) is 16.0. The van der Waals surface area contributed by atoms with Gasteiger partial charge in [-0.1, -0.05) is 11.6 Å². The maximum atomic E-state index is 5.38. The predicted octanol–water partition coefficient (Wildman–Crippen LogP) is 3.86. The van der Waals surface area contributed by atoms with E-state index in [1.807, 2.05) is 23.0 Å². The summed E-state index contributed by atoms with van der Waals surface area (Å²) < 4.78 is 7.29. The molecule has 1 N–H and O–H groups in total. The van der Waals surface area contributed by atoms with Crippen LogP contribution in [0.5, 0.6) is 5.75 Å². The molecule has 1 aromatic heterocycles. The highest BCUT2D eigenvalue weighted by Gasteiger charge is 2.13. The lowest BCUT2D eigenvalue weighted by Gasteiger charge is -2.22. The predicted molar refractivity (Wildman–Crippen MR) is 93.0 cm³/mol. The molecular weight excluding hydrogens is 286 g/mol. The van der Waals surface area contributed by atoms with Crippen molar-refractivity contribution in [3.8, 4) is 11.4 Å². The summed E-state index contributed by atoms with van der Waals surface area (Å²) >= 11 is 0. The van der Waals surface area contributed by atoms with Crippen LogP contribution in [0.25, 0.3) is 5.69 Å². The average Bonchev–Trinajstić information content (AvgIpc) is 3.14. The van der Waals surface area contributed by atoms with Gasteiger partial charge in [0.15, 0.2) is 0 Å². The summed E-state index contributed by atoms with van der Waals surface area (Å²) in [5, 5.41) is 8.01. The zero-order chi connectivity index (χ0) is 16.1. The molecular formula is C19H25N3O. The van der Waals surface area contributed by atoms with Crippen molar-refractivity contribution < 1.29 is 4.74 Å². The lowest BCUT2D eigenvalue weighted by atomic mass is 9.94. The molecule has 4 heteroatoms. The molecule has 0 saturated carbocycles. The van der Waals surface area contributed by atoms with E-state index in [-0.39, 0.29) is 0 Å². The first kappa shape index (κ1) is 15.8. The number of allylic oxidation sites excluding steroid dienone is 1. The molecule has 0 radical (unpaired) electrons. The molecule has 0 fully saturated rings. The lowest BCUT2D eigenvalue weighted by molar-refractivity contribution is 0.413. The van der Waals surface area contributed by atoms with Gasteiger partial charge in [-0.2, -0.15) is 5.10 Å². The Morgan fingerprint density at radius 2 is 2.26 bits per heavy atom. The molecule has 23 heavy (non-hydrogen) atoms. The van der Waals surface area contributed by atoms with Crippen molar-refractivity contribution in [1.29, 1.82) is 0 Å². The molecule has 0 amide bonds. The van der Waals surface area contributed by atoms with E-state index < -0.39 is 0 Å². The second kappa shape index (κ2) is 7.47. The smallest absolute Gasteiger partial charge is 0.119 e. The summed E-state index contributed by atoms with van der Waals surface area (Å²) in [5.74, 6) is 0.877. The van der Waals surface area contributed by atoms with Gasteiger partial charge in [0.25, 0.3) is 0 Å². The van der Waals surface area contributed by atoms with Crippen LogP contribution in [-0.4, -0.2) is 22.9 Å². The SMILES string of the molecule is COc1ccc(-n2cccn2)c(CNC(C)C2=CCCCC2)c1. The standard InChI is InChI=1S/C19H25N3O/c1-15(16-7-4-3-5-8-16)20-14-17-13-18(23-2)9-10-19(17)22-12-6-11-21-22/h6-7,9-13,15,20H,3-5,8,14H2,1-2H3. The van der Waals surface area contributed by atoms with Crippen molar-refractivity contribution in [3.05, 3.63) is 53.9 Å². The Bertz CT molecular complexity index is 661. The summed E-state index contributed by atoms with van der Waals surface area (Å²) in [6, 6.07) is 8.48. The molecule has 1 aromatic carbocycles. The first-order valence-electron chi connectivity index (χ1n) is 8.37. The highest BCUT2D eigenvalue weighted by molar-refractivity contribution is 5.45. The minimum Gasteiger partial charge on any atom is -0.497 e. The Morgan fingerprint density at radius 1 is 1.35 bits per heavy atom. The van der Waals surface area contributed by atoms with E-state index in [1.54, 1.807) is 18.9 Å². The average molecular weight is 311 g/mol. The van der Waals surface area contributed by atoms with Crippen LogP contribution < -0.4 is 10.1 Å². The van der Waals surface area contributed by atoms with E-state index in [4.69, 9.17) is 4.74 Å². The van der Waals surface area contributed by atoms with Gasteiger partial charge in [-0.15, -0.1) is 0 Å². The highest BCUT2D eigenvalue weighted by Crippen LogP contribution is 2.23. The van der Waals surface area contributed by atoms with Gasteiger partial charge in [0, 0.05) is 25.0 Å². The third kappa shape index (κ3) is 3.82. The topological polar surface area (TPSA) is 39.1 Å². The number of benzene rings is 1. The van der Waals surface area contributed by atoms with Crippen LogP contribution in [-0.2, 0) is 6.54 Å². The molecule has 2 aromatic rings. The van der Waals surface area contributed by atoms with E-state index in [9.17, 15) is 0 Å². The van der Waals surface area contributed by atoms with Crippen molar-refractivity contribution in [2.45, 2.75) is 45.2 Å². The fourth-order valence-corrected chi connectivity index (χ4v) is 3.12. The zero-order valence-electron chi connectivity index (χ0n) is 14.0. The molecule has 0 bridgehead atoms. The van der Waals surface area contributed by atoms with Gasteiger partial charge < -0.3 is 10.1 Å². The summed E-state index contributed by atoms with van der Waals surface area (Å²) in [6.07, 6.45) is 11.3. The van der Waals surface area contributed by atoms with Gasteiger partial charge in [-0.25, -0.2) is 4.68 Å². The minimum absolute atomic E-state index is 0.409. The maximum Gasteiger partial charge on any atom is 0.119 e. The van der Waals surface area contributed by atoms with Gasteiger partial charge in [-0.05, 0) is 62.4 Å². The molecule has 1 heterocycles. The number of nitrogens with zero attached hydrogens (tertiary/aromatic N) is 2. The summed E-state index contributed by atoms with van der Waals surface area (Å²) in [6.45, 7) is 3.05. The molecule has 1 atom stereocenters. The van der Waals surface area contributed by atoms with E-state index >= 15 is 0 Å². The fourth-order valence-electron chi connectivity index (χ4n) is 3.12. The Balaban J connectivity index is 1.76. The number of rotatable bonds is 6. The third-order valence-corrected chi connectivity index (χ3v) is 4.52. The number of methoxy groups -OCH3 is 1. The number of ether oxygens (including phenoxy) is 1. The molecule has 1 unspecified atom stereocenters. The number of aromatic nitrogens is 2. The van der Waals surface area contributed by atoms with Crippen LogP contribution in [0.3, 0.4) is 0 Å². The Morgan fingerprint density at radius 3 is 2.96 bits per heavy atom. The molecule has 3 rings (SSSR count). The van der Waals surface area contributed by atoms with Crippen LogP contribution in [0.15, 0.2) is 48.3 Å². The van der Waals surface area contributed by atoms with Crippen molar-refractivity contribution in [1.82, 2.24) is 15.1 Å². The van der Waals surface area contributed by atoms with Gasteiger partial charge in [0.2, 0.25) is 0 Å². The second-order valence-corrected chi connectivity index (χ2v) is 6.07. The molecule has 1 aliphatic rings. The van der Waals surface area contributed by atoms with Gasteiger partial charge in [-0.3, -0.25) is 0 Å². The molecule has 0 saturated heterocycles. The molecule has 122 valence electrons. The molecule has 1 aliphatic carbocycles. The Kier molecular flexibility index (Phi) is 5.13. The van der Waals surface area contributed by atoms with Crippen molar-refractivity contribution >= 4 is 0 Å². The van der Waals surface area contributed by atoms with Crippen molar-refractivity contribution in [2.75, 3.05) is 7.11 Å². The second-order valence-electron chi connectivity index (χ2n) is 6.07. The molecule has 0 spiro atoms.